The van der Waals surface area contributed by atoms with Crippen molar-refractivity contribution in [3.8, 4) is 0 Å². The first-order valence-corrected chi connectivity index (χ1v) is 9.54. The van der Waals surface area contributed by atoms with Gasteiger partial charge in [-0.3, -0.25) is 16.0 Å². The van der Waals surface area contributed by atoms with Crippen LogP contribution in [0.3, 0.4) is 0 Å². The number of hydrazine groups is 1. The van der Waals surface area contributed by atoms with Crippen LogP contribution in [-0.4, -0.2) is 37.8 Å². The van der Waals surface area contributed by atoms with Gasteiger partial charge in [0.05, 0.1) is 5.69 Å². The van der Waals surface area contributed by atoms with Gasteiger partial charge in [-0.25, -0.2) is 0 Å². The lowest BCUT2D eigenvalue weighted by atomic mass is 10.1. The van der Waals surface area contributed by atoms with Gasteiger partial charge in [0.2, 0.25) is 0 Å². The van der Waals surface area contributed by atoms with E-state index in [-0.39, 0.29) is 0 Å². The maximum absolute atomic E-state index is 5.84. The average molecular weight is 315 g/mol. The van der Waals surface area contributed by atoms with Crippen LogP contribution in [0.2, 0.25) is 0 Å². The van der Waals surface area contributed by atoms with Gasteiger partial charge >= 0.3 is 0 Å². The maximum atomic E-state index is 5.84. The molecule has 0 bridgehead atoms. The molecule has 3 N–H and O–H groups in total. The molecule has 3 atom stereocenters. The fraction of sp³-hybridized carbons (Fsp3) is 0.786. The molecule has 2 rings (SSSR count). The molecule has 0 saturated carbocycles. The van der Waals surface area contributed by atoms with Crippen LogP contribution in [0.1, 0.15) is 32.2 Å². The van der Waals surface area contributed by atoms with Crippen LogP contribution in [0, 0.1) is 0 Å². The summed E-state index contributed by atoms with van der Waals surface area (Å²) in [6, 6.07) is 2.55. The lowest BCUT2D eigenvalue weighted by molar-refractivity contribution is 0.479. The van der Waals surface area contributed by atoms with E-state index in [2.05, 4.69) is 65.6 Å². The first kappa shape index (κ1) is 16.2. The summed E-state index contributed by atoms with van der Waals surface area (Å²) in [5.74, 6) is 8.33. The molecule has 4 nitrogen and oxygen atoms in total. The smallest absolute Gasteiger partial charge is 0.0624 e. The van der Waals surface area contributed by atoms with E-state index in [1.807, 2.05) is 0 Å². The second kappa shape index (κ2) is 7.73. The summed E-state index contributed by atoms with van der Waals surface area (Å²) in [7, 11) is 0. The average Bonchev–Trinajstić information content (AvgIpc) is 2.88. The van der Waals surface area contributed by atoms with Crippen LogP contribution in [0.5, 0.6) is 0 Å². The standard InChI is InChI=1S/C14H26N4S2/c1-4-11-8-12(18(5-2)17-11)9-13(16-15)14-10(3)19-6-7-20-14/h8,10,13-14,16H,4-7,9,15H2,1-3H3. The molecule has 1 aliphatic heterocycles. The molecule has 0 aromatic carbocycles. The first-order valence-electron chi connectivity index (χ1n) is 7.44. The number of nitrogens with two attached hydrogens (primary N) is 1. The summed E-state index contributed by atoms with van der Waals surface area (Å²) in [4.78, 5) is 0. The minimum Gasteiger partial charge on any atom is -0.271 e. The Morgan fingerprint density at radius 2 is 2.20 bits per heavy atom. The summed E-state index contributed by atoms with van der Waals surface area (Å²) in [6.45, 7) is 7.55. The molecule has 1 aromatic heterocycles. The third kappa shape index (κ3) is 3.72. The third-order valence-electron chi connectivity index (χ3n) is 3.85. The van der Waals surface area contributed by atoms with Gasteiger partial charge in [-0.15, -0.1) is 0 Å². The number of hydrogen-bond acceptors (Lipinski definition) is 5. The highest BCUT2D eigenvalue weighted by Gasteiger charge is 2.30. The molecule has 1 aliphatic rings. The topological polar surface area (TPSA) is 55.9 Å². The van der Waals surface area contributed by atoms with Crippen molar-refractivity contribution in [3.63, 3.8) is 0 Å². The highest BCUT2D eigenvalue weighted by molar-refractivity contribution is 8.07. The number of aromatic nitrogens is 2. The molecule has 114 valence electrons. The normalized spacial score (nSPS) is 24.8. The fourth-order valence-electron chi connectivity index (χ4n) is 2.71. The van der Waals surface area contributed by atoms with E-state index >= 15 is 0 Å². The van der Waals surface area contributed by atoms with Gasteiger partial charge in [-0.05, 0) is 19.4 Å². The maximum Gasteiger partial charge on any atom is 0.0624 e. The zero-order chi connectivity index (χ0) is 14.5. The first-order chi connectivity index (χ1) is 9.69. The Kier molecular flexibility index (Phi) is 6.26. The Balaban J connectivity index is 2.10. The van der Waals surface area contributed by atoms with E-state index in [4.69, 9.17) is 5.84 Å². The van der Waals surface area contributed by atoms with Gasteiger partial charge in [-0.1, -0.05) is 13.8 Å². The quantitative estimate of drug-likeness (QED) is 0.622. The van der Waals surface area contributed by atoms with Crippen LogP contribution < -0.4 is 11.3 Å². The molecule has 3 unspecified atom stereocenters. The summed E-state index contributed by atoms with van der Waals surface area (Å²) in [6.07, 6.45) is 1.95. The molecule has 20 heavy (non-hydrogen) atoms. The Morgan fingerprint density at radius 3 is 2.80 bits per heavy atom. The van der Waals surface area contributed by atoms with Gasteiger partial charge in [-0.2, -0.15) is 28.6 Å². The molecule has 1 saturated heterocycles. The Labute approximate surface area is 130 Å². The minimum absolute atomic E-state index is 0.314. The molecule has 0 spiro atoms. The van der Waals surface area contributed by atoms with Crippen molar-refractivity contribution in [2.24, 2.45) is 5.84 Å². The lowest BCUT2D eigenvalue weighted by Crippen LogP contribution is -2.49. The Hall–Kier alpha value is -0.170. The van der Waals surface area contributed by atoms with Crippen molar-refractivity contribution in [1.82, 2.24) is 15.2 Å². The molecule has 0 amide bonds. The number of rotatable bonds is 6. The summed E-state index contributed by atoms with van der Waals surface area (Å²) in [5, 5.41) is 5.86. The van der Waals surface area contributed by atoms with E-state index in [0.717, 1.165) is 19.4 Å². The predicted octanol–water partition coefficient (Wildman–Crippen LogP) is 2.08. The van der Waals surface area contributed by atoms with E-state index in [9.17, 15) is 0 Å². The van der Waals surface area contributed by atoms with Crippen LogP contribution in [0.25, 0.3) is 0 Å². The Morgan fingerprint density at radius 1 is 1.45 bits per heavy atom. The van der Waals surface area contributed by atoms with Crippen molar-refractivity contribution in [1.29, 1.82) is 0 Å². The van der Waals surface area contributed by atoms with Crippen molar-refractivity contribution < 1.29 is 0 Å². The van der Waals surface area contributed by atoms with Crippen molar-refractivity contribution in [2.45, 2.75) is 56.7 Å². The number of nitrogens with one attached hydrogen (secondary N) is 1. The van der Waals surface area contributed by atoms with Gasteiger partial charge < -0.3 is 0 Å². The van der Waals surface area contributed by atoms with Crippen molar-refractivity contribution in [3.05, 3.63) is 17.5 Å². The third-order valence-corrected chi connectivity index (χ3v) is 7.10. The number of hydrogen-bond donors (Lipinski definition) is 2. The van der Waals surface area contributed by atoms with Crippen LogP contribution >= 0.6 is 23.5 Å². The molecule has 1 fully saturated rings. The fourth-order valence-corrected chi connectivity index (χ4v) is 5.66. The highest BCUT2D eigenvalue weighted by atomic mass is 32.2. The number of nitrogens with zero attached hydrogens (tertiary/aromatic N) is 2. The molecule has 0 aliphatic carbocycles. The molecule has 0 radical (unpaired) electrons. The van der Waals surface area contributed by atoms with Gasteiger partial charge in [0.25, 0.3) is 0 Å². The zero-order valence-electron chi connectivity index (χ0n) is 12.6. The summed E-state index contributed by atoms with van der Waals surface area (Å²) >= 11 is 4.12. The monoisotopic (exact) mass is 314 g/mol. The minimum atomic E-state index is 0.314. The highest BCUT2D eigenvalue weighted by Crippen LogP contribution is 2.33. The van der Waals surface area contributed by atoms with E-state index in [1.54, 1.807) is 0 Å². The second-order valence-corrected chi connectivity index (χ2v) is 7.96. The predicted molar refractivity (Wildman–Crippen MR) is 90.3 cm³/mol. The number of thioether (sulfide) groups is 2. The molecular weight excluding hydrogens is 288 g/mol. The molecule has 2 heterocycles. The zero-order valence-corrected chi connectivity index (χ0v) is 14.3. The van der Waals surface area contributed by atoms with Crippen LogP contribution in [0.15, 0.2) is 6.07 Å². The molecule has 6 heteroatoms. The van der Waals surface area contributed by atoms with Crippen molar-refractivity contribution >= 4 is 23.5 Å². The van der Waals surface area contributed by atoms with Crippen molar-refractivity contribution in [2.75, 3.05) is 11.5 Å². The van der Waals surface area contributed by atoms with Gasteiger partial charge in [0, 0.05) is 46.7 Å². The molecule has 1 aromatic rings. The van der Waals surface area contributed by atoms with E-state index in [0.29, 0.717) is 16.5 Å². The van der Waals surface area contributed by atoms with Crippen LogP contribution in [-0.2, 0) is 19.4 Å². The summed E-state index contributed by atoms with van der Waals surface area (Å²) < 4.78 is 2.12. The largest absolute Gasteiger partial charge is 0.271 e. The SMILES string of the molecule is CCc1cc(CC(NN)C2SCCSC2C)n(CC)n1. The van der Waals surface area contributed by atoms with Gasteiger partial charge in [0.1, 0.15) is 0 Å². The van der Waals surface area contributed by atoms with E-state index < -0.39 is 0 Å². The molecular formula is C14H26N4S2. The summed E-state index contributed by atoms with van der Waals surface area (Å²) in [5.41, 5.74) is 5.53. The van der Waals surface area contributed by atoms with E-state index in [1.165, 1.54) is 22.9 Å². The number of aryl methyl sites for hydroxylation is 2. The lowest BCUT2D eigenvalue weighted by Gasteiger charge is -2.34. The second-order valence-electron chi connectivity index (χ2n) is 5.18. The van der Waals surface area contributed by atoms with Crippen LogP contribution in [0.4, 0.5) is 0 Å². The Bertz CT molecular complexity index is 421. The van der Waals surface area contributed by atoms with Gasteiger partial charge in [0.15, 0.2) is 0 Å².